The molecule has 0 aromatic heterocycles. The molecule has 4 rings (SSSR count). The second kappa shape index (κ2) is 20.4. The van der Waals surface area contributed by atoms with E-state index in [4.69, 9.17) is 0 Å². The van der Waals surface area contributed by atoms with Gasteiger partial charge in [-0.15, -0.1) is 23.5 Å². The molecule has 12 atom stereocenters. The zero-order valence-corrected chi connectivity index (χ0v) is 34.5. The molecule has 3 aliphatic rings. The van der Waals surface area contributed by atoms with E-state index < -0.39 is 96.0 Å². The second-order valence-corrected chi connectivity index (χ2v) is 16.8. The molecule has 0 saturated heterocycles. The number of aliphatic hydroxyl groups is 2. The first-order valence-corrected chi connectivity index (χ1v) is 21.1. The van der Waals surface area contributed by atoms with Gasteiger partial charge in [-0.05, 0) is 44.6 Å². The Balaban J connectivity index is 1.74. The summed E-state index contributed by atoms with van der Waals surface area (Å²) in [5.74, 6) is -4.04. The van der Waals surface area contributed by atoms with Crippen LogP contribution < -0.4 is 31.9 Å². The zero-order valence-electron chi connectivity index (χ0n) is 32.9. The fourth-order valence-corrected chi connectivity index (χ4v) is 8.52. The Morgan fingerprint density at radius 3 is 1.48 bits per heavy atom. The smallest absolute Gasteiger partial charge is 0.246 e. The van der Waals surface area contributed by atoms with Gasteiger partial charge in [0.2, 0.25) is 35.4 Å². The molecule has 0 spiro atoms. The number of aliphatic hydroxyl groups excluding tert-OH is 2. The SMILES string of the molecule is CC[C@H](C)C1NC(=O)C2CSC(=N2)[C@@H](Cc2ccccc2)NC(=O)C([C@@H](C)O)NC(=O)C([C@@H](C)CC)NC(=O)C2CSC(=N2)[C@@H](C)NC(=O)C([C@@H](C)O)NC1=O. The maximum atomic E-state index is 13.9. The summed E-state index contributed by atoms with van der Waals surface area (Å²) in [6, 6.07) is 1.11. The second-order valence-electron chi connectivity index (χ2n) is 14.8. The van der Waals surface area contributed by atoms with Crippen molar-refractivity contribution >= 4 is 69.1 Å². The highest BCUT2D eigenvalue weighted by Gasteiger charge is 2.39. The van der Waals surface area contributed by atoms with Crippen LogP contribution in [0.5, 0.6) is 0 Å². The lowest BCUT2D eigenvalue weighted by Crippen LogP contribution is -2.60. The third-order valence-corrected chi connectivity index (χ3v) is 12.7. The van der Waals surface area contributed by atoms with Crippen LogP contribution in [0.2, 0.25) is 0 Å². The molecule has 18 heteroatoms. The fourth-order valence-electron chi connectivity index (χ4n) is 6.36. The van der Waals surface area contributed by atoms with Gasteiger partial charge in [0, 0.05) is 11.5 Å². The van der Waals surface area contributed by atoms with Gasteiger partial charge < -0.3 is 42.1 Å². The number of thioether (sulfide) groups is 2. The van der Waals surface area contributed by atoms with Crippen molar-refractivity contribution in [1.82, 2.24) is 31.9 Å². The molecule has 0 aliphatic carbocycles. The quantitative estimate of drug-likeness (QED) is 0.176. The van der Waals surface area contributed by atoms with Gasteiger partial charge in [-0.1, -0.05) is 70.9 Å². The van der Waals surface area contributed by atoms with Crippen molar-refractivity contribution in [1.29, 1.82) is 0 Å². The molecular formula is C38H56N8O8S2. The lowest BCUT2D eigenvalue weighted by atomic mass is 9.97. The van der Waals surface area contributed by atoms with Crippen molar-refractivity contribution < 1.29 is 39.0 Å². The third-order valence-electron chi connectivity index (χ3n) is 10.3. The Labute approximate surface area is 336 Å². The van der Waals surface area contributed by atoms with Gasteiger partial charge in [0.05, 0.1) is 34.4 Å². The predicted molar refractivity (Wildman–Crippen MR) is 217 cm³/mol. The number of carbonyl (C=O) groups excluding carboxylic acids is 6. The number of carbonyl (C=O) groups is 6. The van der Waals surface area contributed by atoms with E-state index in [9.17, 15) is 39.0 Å². The molecule has 4 bridgehead atoms. The minimum absolute atomic E-state index is 0.212. The van der Waals surface area contributed by atoms with Crippen molar-refractivity contribution in [3.05, 3.63) is 35.9 Å². The lowest BCUT2D eigenvalue weighted by molar-refractivity contribution is -0.135. The first-order valence-electron chi connectivity index (χ1n) is 19.2. The minimum Gasteiger partial charge on any atom is -0.391 e. The summed E-state index contributed by atoms with van der Waals surface area (Å²) in [7, 11) is 0. The highest BCUT2D eigenvalue weighted by Crippen LogP contribution is 2.25. The normalized spacial score (nSPS) is 30.8. The number of nitrogens with zero attached hydrogens (tertiary/aromatic N) is 2. The Hall–Kier alpha value is -4.00. The number of benzene rings is 1. The summed E-state index contributed by atoms with van der Waals surface area (Å²) >= 11 is 2.51. The molecule has 1 aromatic rings. The fraction of sp³-hybridized carbons (Fsp3) is 0.632. The summed E-state index contributed by atoms with van der Waals surface area (Å²) in [4.78, 5) is 91.5. The van der Waals surface area contributed by atoms with Crippen molar-refractivity contribution in [2.45, 2.75) is 128 Å². The summed E-state index contributed by atoms with van der Waals surface area (Å²) in [6.45, 7) is 11.7. The van der Waals surface area contributed by atoms with Crippen LogP contribution in [0.15, 0.2) is 40.3 Å². The topological polar surface area (TPSA) is 240 Å². The molecule has 0 fully saturated rings. The van der Waals surface area contributed by atoms with E-state index in [2.05, 4.69) is 41.9 Å². The minimum atomic E-state index is -1.41. The highest BCUT2D eigenvalue weighted by atomic mass is 32.2. The molecule has 1 aromatic carbocycles. The monoisotopic (exact) mass is 816 g/mol. The molecule has 0 saturated carbocycles. The van der Waals surface area contributed by atoms with Gasteiger partial charge in [-0.3, -0.25) is 38.8 Å². The Kier molecular flexibility index (Phi) is 16.3. The van der Waals surface area contributed by atoms with E-state index in [0.717, 1.165) is 5.56 Å². The Morgan fingerprint density at radius 1 is 0.607 bits per heavy atom. The van der Waals surface area contributed by atoms with E-state index >= 15 is 0 Å². The van der Waals surface area contributed by atoms with Crippen LogP contribution in [0.1, 0.15) is 66.9 Å². The van der Waals surface area contributed by atoms with Crippen LogP contribution in [0.4, 0.5) is 0 Å². The van der Waals surface area contributed by atoms with Crippen LogP contribution in [-0.2, 0) is 35.2 Å². The largest absolute Gasteiger partial charge is 0.391 e. The molecule has 6 amide bonds. The molecule has 56 heavy (non-hydrogen) atoms. The van der Waals surface area contributed by atoms with Crippen molar-refractivity contribution in [3.63, 3.8) is 0 Å². The maximum Gasteiger partial charge on any atom is 0.246 e. The van der Waals surface area contributed by atoms with E-state index in [-0.39, 0.29) is 29.8 Å². The molecule has 8 N–H and O–H groups in total. The zero-order chi connectivity index (χ0) is 41.3. The number of nitrogens with one attached hydrogen (secondary N) is 6. The van der Waals surface area contributed by atoms with E-state index in [0.29, 0.717) is 22.9 Å². The number of hydrogen-bond acceptors (Lipinski definition) is 12. The van der Waals surface area contributed by atoms with Crippen LogP contribution in [-0.4, -0.2) is 128 Å². The summed E-state index contributed by atoms with van der Waals surface area (Å²) < 4.78 is 0. The van der Waals surface area contributed by atoms with Crippen LogP contribution >= 0.6 is 23.5 Å². The summed E-state index contributed by atoms with van der Waals surface area (Å²) in [5, 5.41) is 38.8. The van der Waals surface area contributed by atoms with E-state index in [1.807, 2.05) is 44.2 Å². The lowest BCUT2D eigenvalue weighted by Gasteiger charge is -2.29. The average Bonchev–Trinajstić information content (AvgIpc) is 3.87. The molecule has 308 valence electrons. The van der Waals surface area contributed by atoms with Gasteiger partial charge in [-0.2, -0.15) is 0 Å². The maximum absolute atomic E-state index is 13.9. The van der Waals surface area contributed by atoms with Gasteiger partial charge in [0.1, 0.15) is 36.3 Å². The first-order chi connectivity index (χ1) is 26.5. The van der Waals surface area contributed by atoms with Crippen LogP contribution in [0, 0.1) is 11.8 Å². The van der Waals surface area contributed by atoms with Gasteiger partial charge >= 0.3 is 0 Å². The van der Waals surface area contributed by atoms with Gasteiger partial charge in [-0.25, -0.2) is 0 Å². The average molecular weight is 817 g/mol. The van der Waals surface area contributed by atoms with Gasteiger partial charge in [0.25, 0.3) is 0 Å². The molecular weight excluding hydrogens is 761 g/mol. The molecule has 3 heterocycles. The number of amides is 6. The third kappa shape index (κ3) is 11.5. The van der Waals surface area contributed by atoms with Crippen molar-refractivity contribution in [2.24, 2.45) is 21.8 Å². The molecule has 6 unspecified atom stereocenters. The van der Waals surface area contributed by atoms with Crippen molar-refractivity contribution in [2.75, 3.05) is 11.5 Å². The van der Waals surface area contributed by atoms with Crippen LogP contribution in [0.25, 0.3) is 0 Å². The number of rotatable bonds is 8. The van der Waals surface area contributed by atoms with E-state index in [1.54, 1.807) is 20.8 Å². The van der Waals surface area contributed by atoms with E-state index in [1.165, 1.54) is 37.4 Å². The summed E-state index contributed by atoms with van der Waals surface area (Å²) in [5.41, 5.74) is 0.856. The molecule has 3 aliphatic heterocycles. The van der Waals surface area contributed by atoms with Crippen molar-refractivity contribution in [3.8, 4) is 0 Å². The number of fused-ring (bicyclic) bond motifs is 2. The molecule has 16 nitrogen and oxygen atoms in total. The molecule has 0 radical (unpaired) electrons. The Bertz CT molecular complexity index is 1660. The number of hydrogen-bond donors (Lipinski definition) is 8. The predicted octanol–water partition coefficient (Wildman–Crippen LogP) is 0.0530. The number of aliphatic imine (C=N–C) groups is 2. The highest BCUT2D eigenvalue weighted by molar-refractivity contribution is 8.14. The first kappa shape index (κ1) is 44.7. The van der Waals surface area contributed by atoms with Crippen LogP contribution in [0.3, 0.4) is 0 Å². The van der Waals surface area contributed by atoms with Gasteiger partial charge in [0.15, 0.2) is 0 Å². The summed E-state index contributed by atoms with van der Waals surface area (Å²) in [6.07, 6.45) is -1.34. The standard InChI is InChI=1S/C38H56N8O8S2/c1-8-18(3)27-33(51)45-29(21(6)47)35(53)39-20(5)37-41-25(16-55-37)31(49)43-28(19(4)9-2)34(52)46-30(22(7)48)36(54)40-24(15-23-13-11-10-12-14-23)38-42-26(17-56-38)32(50)44-27/h10-14,18-22,24-30,47-48H,8-9,15-17H2,1-7H3,(H,39,53)(H,40,54)(H,43,49)(H,44,50)(H,45,51)(H,46,52)/t18-,19-,20+,21+,22+,24+,25?,26?,27?,28?,29?,30?/m0/s1. The Morgan fingerprint density at radius 2 is 1.02 bits per heavy atom.